The molecule has 23 heavy (non-hydrogen) atoms. The third-order valence-electron chi connectivity index (χ3n) is 4.02. The molecule has 7 nitrogen and oxygen atoms in total. The first-order chi connectivity index (χ1) is 11.0. The third-order valence-corrected chi connectivity index (χ3v) is 4.89. The lowest BCUT2D eigenvalue weighted by Gasteiger charge is -2.31. The van der Waals surface area contributed by atoms with Gasteiger partial charge in [-0.25, -0.2) is 4.98 Å². The second kappa shape index (κ2) is 6.77. The zero-order chi connectivity index (χ0) is 16.4. The number of nitrogens with one attached hydrogen (secondary N) is 1. The first kappa shape index (κ1) is 16.1. The van der Waals surface area contributed by atoms with Crippen LogP contribution in [0.2, 0.25) is 0 Å². The van der Waals surface area contributed by atoms with Crippen molar-refractivity contribution in [2.45, 2.75) is 20.0 Å². The van der Waals surface area contributed by atoms with Crippen molar-refractivity contribution in [3.8, 4) is 0 Å². The molecular weight excluding hydrogens is 314 g/mol. The molecule has 8 heteroatoms. The Hall–Kier alpha value is -1.77. The molecule has 1 saturated heterocycles. The third kappa shape index (κ3) is 3.60. The monoisotopic (exact) mass is 335 g/mol. The molecule has 1 aliphatic heterocycles. The van der Waals surface area contributed by atoms with Gasteiger partial charge in [-0.05, 0) is 13.8 Å². The summed E-state index contributed by atoms with van der Waals surface area (Å²) in [5, 5.41) is 10.2. The molecule has 0 aromatic carbocycles. The fourth-order valence-electron chi connectivity index (χ4n) is 2.73. The van der Waals surface area contributed by atoms with Crippen molar-refractivity contribution in [1.82, 2.24) is 19.7 Å². The van der Waals surface area contributed by atoms with Gasteiger partial charge in [-0.15, -0.1) is 11.3 Å². The van der Waals surface area contributed by atoms with Crippen LogP contribution in [0.3, 0.4) is 0 Å². The predicted molar refractivity (Wildman–Crippen MR) is 88.6 cm³/mol. The molecule has 0 saturated carbocycles. The van der Waals surface area contributed by atoms with Gasteiger partial charge in [0.15, 0.2) is 0 Å². The number of nitrogens with zero attached hydrogens (tertiary/aromatic N) is 4. The maximum Gasteiger partial charge on any atom is 0.238 e. The Bertz CT molecular complexity index is 682. The second-order valence-corrected chi connectivity index (χ2v) is 6.61. The number of aryl methyl sites for hydroxylation is 2. The van der Waals surface area contributed by atoms with Gasteiger partial charge in [0.2, 0.25) is 5.91 Å². The summed E-state index contributed by atoms with van der Waals surface area (Å²) < 4.78 is 7.53. The highest BCUT2D eigenvalue weighted by atomic mass is 32.1. The number of rotatable bonds is 4. The van der Waals surface area contributed by atoms with Crippen molar-refractivity contribution in [1.29, 1.82) is 0 Å². The number of morpholine rings is 1. The van der Waals surface area contributed by atoms with E-state index in [2.05, 4.69) is 20.3 Å². The smallest absolute Gasteiger partial charge is 0.238 e. The van der Waals surface area contributed by atoms with E-state index in [9.17, 15) is 4.79 Å². The van der Waals surface area contributed by atoms with Crippen LogP contribution in [0.5, 0.6) is 0 Å². The molecule has 3 heterocycles. The van der Waals surface area contributed by atoms with Crippen LogP contribution in [0.25, 0.3) is 0 Å². The lowest BCUT2D eigenvalue weighted by atomic mass is 10.2. The molecule has 1 amide bonds. The number of carbonyl (C=O) groups is 1. The SMILES string of the molecule is Cc1nn(C)c(C)c1NC(=O)CN1CCO[C@H](c2nccs2)C1. The van der Waals surface area contributed by atoms with Crippen molar-refractivity contribution in [3.63, 3.8) is 0 Å². The largest absolute Gasteiger partial charge is 0.368 e. The fourth-order valence-corrected chi connectivity index (χ4v) is 3.40. The number of amides is 1. The summed E-state index contributed by atoms with van der Waals surface area (Å²) in [5.74, 6) is -0.0241. The molecule has 1 N–H and O–H groups in total. The van der Waals surface area contributed by atoms with E-state index >= 15 is 0 Å². The van der Waals surface area contributed by atoms with E-state index in [1.54, 1.807) is 22.2 Å². The summed E-state index contributed by atoms with van der Waals surface area (Å²) in [4.78, 5) is 18.7. The maximum atomic E-state index is 12.3. The Morgan fingerprint density at radius 3 is 3.00 bits per heavy atom. The van der Waals surface area contributed by atoms with Crippen molar-refractivity contribution in [3.05, 3.63) is 28.0 Å². The standard InChI is InChI=1S/C15H21N5O2S/c1-10-14(11(2)19(3)18-10)17-13(21)9-20-5-6-22-12(8-20)15-16-4-7-23-15/h4,7,12H,5-6,8-9H2,1-3H3,(H,17,21)/t12-/m0/s1. The molecule has 0 aliphatic carbocycles. The molecule has 124 valence electrons. The molecule has 1 fully saturated rings. The fraction of sp³-hybridized carbons (Fsp3) is 0.533. The number of hydrogen-bond donors (Lipinski definition) is 1. The van der Waals surface area contributed by atoms with Crippen molar-refractivity contribution >= 4 is 22.9 Å². The molecule has 3 rings (SSSR count). The number of anilines is 1. The Labute approximate surface area is 139 Å². The van der Waals surface area contributed by atoms with E-state index in [1.807, 2.05) is 26.3 Å². The molecule has 0 unspecified atom stereocenters. The Morgan fingerprint density at radius 1 is 1.52 bits per heavy atom. The van der Waals surface area contributed by atoms with Crippen LogP contribution in [0.4, 0.5) is 5.69 Å². The van der Waals surface area contributed by atoms with Crippen molar-refractivity contribution in [2.75, 3.05) is 31.6 Å². The van der Waals surface area contributed by atoms with Crippen molar-refractivity contribution in [2.24, 2.45) is 7.05 Å². The van der Waals surface area contributed by atoms with E-state index in [4.69, 9.17) is 4.74 Å². The van der Waals surface area contributed by atoms with Gasteiger partial charge in [-0.3, -0.25) is 14.4 Å². The molecule has 2 aromatic heterocycles. The van der Waals surface area contributed by atoms with E-state index in [0.717, 1.165) is 28.6 Å². The highest BCUT2D eigenvalue weighted by Gasteiger charge is 2.25. The summed E-state index contributed by atoms with van der Waals surface area (Å²) in [7, 11) is 1.87. The van der Waals surface area contributed by atoms with Gasteiger partial charge in [0.05, 0.1) is 30.2 Å². The highest BCUT2D eigenvalue weighted by Crippen LogP contribution is 2.24. The number of carbonyl (C=O) groups excluding carboxylic acids is 1. The van der Waals surface area contributed by atoms with Crippen LogP contribution >= 0.6 is 11.3 Å². The highest BCUT2D eigenvalue weighted by molar-refractivity contribution is 7.09. The molecule has 0 radical (unpaired) electrons. The Morgan fingerprint density at radius 2 is 2.35 bits per heavy atom. The van der Waals surface area contributed by atoms with Gasteiger partial charge < -0.3 is 10.1 Å². The average Bonchev–Trinajstić information content (AvgIpc) is 3.13. The predicted octanol–water partition coefficient (Wildman–Crippen LogP) is 1.51. The van der Waals surface area contributed by atoms with Crippen LogP contribution < -0.4 is 5.32 Å². The number of thiazole rings is 1. The zero-order valence-corrected chi connectivity index (χ0v) is 14.4. The van der Waals surface area contributed by atoms with Crippen LogP contribution in [0.1, 0.15) is 22.5 Å². The van der Waals surface area contributed by atoms with E-state index in [1.165, 1.54) is 0 Å². The summed E-state index contributed by atoms with van der Waals surface area (Å²) >= 11 is 1.59. The van der Waals surface area contributed by atoms with Gasteiger partial charge >= 0.3 is 0 Å². The number of ether oxygens (including phenoxy) is 1. The van der Waals surface area contributed by atoms with Gasteiger partial charge in [0, 0.05) is 31.7 Å². The van der Waals surface area contributed by atoms with E-state index in [0.29, 0.717) is 19.7 Å². The zero-order valence-electron chi connectivity index (χ0n) is 13.6. The minimum absolute atomic E-state index is 0.0241. The number of hydrogen-bond acceptors (Lipinski definition) is 6. The molecule has 1 aliphatic rings. The second-order valence-electron chi connectivity index (χ2n) is 5.68. The molecule has 2 aromatic rings. The number of aromatic nitrogens is 3. The summed E-state index contributed by atoms with van der Waals surface area (Å²) in [5.41, 5.74) is 2.60. The first-order valence-corrected chi connectivity index (χ1v) is 8.46. The topological polar surface area (TPSA) is 72.3 Å². The lowest BCUT2D eigenvalue weighted by Crippen LogP contribution is -2.42. The summed E-state index contributed by atoms with van der Waals surface area (Å²) in [6.45, 7) is 6.24. The summed E-state index contributed by atoms with van der Waals surface area (Å²) in [6.07, 6.45) is 1.74. The first-order valence-electron chi connectivity index (χ1n) is 7.58. The minimum Gasteiger partial charge on any atom is -0.368 e. The van der Waals surface area contributed by atoms with E-state index in [-0.39, 0.29) is 12.0 Å². The Balaban J connectivity index is 1.59. The molecule has 1 atom stereocenters. The van der Waals surface area contributed by atoms with Crippen LogP contribution in [0.15, 0.2) is 11.6 Å². The van der Waals surface area contributed by atoms with Gasteiger partial charge in [-0.2, -0.15) is 5.10 Å². The molecular formula is C15H21N5O2S. The molecule has 0 spiro atoms. The summed E-state index contributed by atoms with van der Waals surface area (Å²) in [6, 6.07) is 0. The maximum absolute atomic E-state index is 12.3. The van der Waals surface area contributed by atoms with Gasteiger partial charge in [0.1, 0.15) is 11.1 Å². The van der Waals surface area contributed by atoms with Crippen LogP contribution in [-0.4, -0.2) is 51.8 Å². The van der Waals surface area contributed by atoms with Crippen LogP contribution in [-0.2, 0) is 16.6 Å². The quantitative estimate of drug-likeness (QED) is 0.917. The van der Waals surface area contributed by atoms with Crippen molar-refractivity contribution < 1.29 is 9.53 Å². The average molecular weight is 335 g/mol. The van der Waals surface area contributed by atoms with Gasteiger partial charge in [0.25, 0.3) is 0 Å². The minimum atomic E-state index is -0.0431. The van der Waals surface area contributed by atoms with E-state index < -0.39 is 0 Å². The lowest BCUT2D eigenvalue weighted by molar-refractivity contribution is -0.119. The van der Waals surface area contributed by atoms with Gasteiger partial charge in [-0.1, -0.05) is 0 Å². The molecule has 0 bridgehead atoms. The normalized spacial score (nSPS) is 19.0. The Kier molecular flexibility index (Phi) is 4.74. The van der Waals surface area contributed by atoms with Crippen LogP contribution in [0, 0.1) is 13.8 Å².